The normalized spacial score (nSPS) is 27.4. The van der Waals surface area contributed by atoms with Gasteiger partial charge in [-0.2, -0.15) is 4.98 Å². The zero-order valence-electron chi connectivity index (χ0n) is 8.69. The zero-order valence-corrected chi connectivity index (χ0v) is 8.69. The first-order chi connectivity index (χ1) is 7.19. The summed E-state index contributed by atoms with van der Waals surface area (Å²) in [4.78, 5) is 6.05. The maximum Gasteiger partial charge on any atom is 0.223 e. The average Bonchev–Trinajstić information content (AvgIpc) is 2.73. The summed E-state index contributed by atoms with van der Waals surface area (Å²) in [6.07, 6.45) is -0.278. The molecule has 0 radical (unpaired) electrons. The summed E-state index contributed by atoms with van der Waals surface area (Å²) in [6, 6.07) is 0.0961. The van der Waals surface area contributed by atoms with E-state index in [1.165, 1.54) is 0 Å². The number of hydrogen-bond acceptors (Lipinski definition) is 5. The molecular formula is C9H15FN4O. The van der Waals surface area contributed by atoms with Gasteiger partial charge in [0.2, 0.25) is 5.89 Å². The number of likely N-dealkylation sites (tertiary alicyclic amines) is 1. The lowest BCUT2D eigenvalue weighted by Crippen LogP contribution is -2.35. The zero-order chi connectivity index (χ0) is 10.8. The molecule has 1 aliphatic heterocycles. The predicted octanol–water partition coefficient (Wildman–Crippen LogP) is 0.249. The molecule has 0 bridgehead atoms. The van der Waals surface area contributed by atoms with Gasteiger partial charge in [-0.15, -0.1) is 0 Å². The van der Waals surface area contributed by atoms with Gasteiger partial charge in [-0.1, -0.05) is 5.16 Å². The molecule has 1 aromatic heterocycles. The third-order valence-electron chi connectivity index (χ3n) is 2.66. The highest BCUT2D eigenvalue weighted by Gasteiger charge is 2.31. The average molecular weight is 214 g/mol. The second-order valence-corrected chi connectivity index (χ2v) is 3.88. The maximum absolute atomic E-state index is 13.2. The van der Waals surface area contributed by atoms with Crippen LogP contribution >= 0.6 is 0 Å². The summed E-state index contributed by atoms with van der Waals surface area (Å²) in [5, 5.41) is 3.78. The molecule has 0 aliphatic carbocycles. The summed E-state index contributed by atoms with van der Waals surface area (Å²) in [6.45, 7) is 3.13. The van der Waals surface area contributed by atoms with Crippen molar-refractivity contribution in [2.45, 2.75) is 32.1 Å². The highest BCUT2D eigenvalue weighted by molar-refractivity contribution is 4.91. The Labute approximate surface area is 87.4 Å². The molecule has 0 amide bonds. The molecule has 5 nitrogen and oxygen atoms in total. The Bertz CT molecular complexity index is 330. The Balaban J connectivity index is 1.99. The van der Waals surface area contributed by atoms with Gasteiger partial charge >= 0.3 is 0 Å². The van der Waals surface area contributed by atoms with Crippen LogP contribution in [-0.4, -0.2) is 40.3 Å². The second-order valence-electron chi connectivity index (χ2n) is 3.88. The first-order valence-electron chi connectivity index (χ1n) is 5.06. The molecule has 1 saturated heterocycles. The van der Waals surface area contributed by atoms with Crippen LogP contribution in [0.1, 0.15) is 18.1 Å². The van der Waals surface area contributed by atoms with Crippen LogP contribution in [0.3, 0.4) is 0 Å². The second kappa shape index (κ2) is 4.24. The molecule has 0 spiro atoms. The number of halogens is 1. The van der Waals surface area contributed by atoms with E-state index in [1.54, 1.807) is 6.92 Å². The molecular weight excluding hydrogens is 199 g/mol. The Morgan fingerprint density at radius 1 is 1.67 bits per heavy atom. The lowest BCUT2D eigenvalue weighted by molar-refractivity contribution is 0.229. The Morgan fingerprint density at radius 3 is 3.07 bits per heavy atom. The van der Waals surface area contributed by atoms with Gasteiger partial charge in [-0.25, -0.2) is 4.39 Å². The number of alkyl halides is 1. The molecule has 1 fully saturated rings. The van der Waals surface area contributed by atoms with Gasteiger partial charge < -0.3 is 10.3 Å². The van der Waals surface area contributed by atoms with Crippen molar-refractivity contribution in [1.29, 1.82) is 0 Å². The van der Waals surface area contributed by atoms with E-state index in [0.29, 0.717) is 37.8 Å². The van der Waals surface area contributed by atoms with Crippen molar-refractivity contribution in [2.75, 3.05) is 13.1 Å². The summed E-state index contributed by atoms with van der Waals surface area (Å²) in [5.74, 6) is 1.13. The minimum absolute atomic E-state index is 0.0961. The van der Waals surface area contributed by atoms with E-state index in [9.17, 15) is 4.39 Å². The Kier molecular flexibility index (Phi) is 2.97. The molecule has 84 valence electrons. The van der Waals surface area contributed by atoms with Gasteiger partial charge in [-0.3, -0.25) is 4.90 Å². The van der Waals surface area contributed by atoms with E-state index in [1.807, 2.05) is 4.90 Å². The van der Waals surface area contributed by atoms with Crippen molar-refractivity contribution in [1.82, 2.24) is 15.0 Å². The Morgan fingerprint density at radius 2 is 2.47 bits per heavy atom. The number of rotatable bonds is 3. The van der Waals surface area contributed by atoms with E-state index in [4.69, 9.17) is 10.3 Å². The smallest absolute Gasteiger partial charge is 0.223 e. The number of nitrogens with two attached hydrogens (primary N) is 1. The standard InChI is InChI=1S/C9H15FN4O/c1-6-12-9(13-15-6)5-14-4-7(10)2-8(14)3-11/h7-8H,2-5,11H2,1H3/t7-,8-/m1/s1. The predicted molar refractivity (Wildman–Crippen MR) is 51.8 cm³/mol. The molecule has 1 aromatic rings. The van der Waals surface area contributed by atoms with Gasteiger partial charge in [0.25, 0.3) is 0 Å². The highest BCUT2D eigenvalue weighted by atomic mass is 19.1. The monoisotopic (exact) mass is 214 g/mol. The molecule has 2 N–H and O–H groups in total. The lowest BCUT2D eigenvalue weighted by atomic mass is 10.2. The van der Waals surface area contributed by atoms with E-state index >= 15 is 0 Å². The van der Waals surface area contributed by atoms with Crippen LogP contribution in [0, 0.1) is 6.92 Å². The van der Waals surface area contributed by atoms with Gasteiger partial charge in [0.05, 0.1) is 6.54 Å². The first-order valence-corrected chi connectivity index (χ1v) is 5.06. The fraction of sp³-hybridized carbons (Fsp3) is 0.778. The molecule has 2 heterocycles. The van der Waals surface area contributed by atoms with E-state index in [2.05, 4.69) is 10.1 Å². The van der Waals surface area contributed by atoms with E-state index in [-0.39, 0.29) is 6.04 Å². The molecule has 6 heteroatoms. The molecule has 1 aliphatic rings. The summed E-state index contributed by atoms with van der Waals surface area (Å²) >= 11 is 0. The molecule has 0 aromatic carbocycles. The number of nitrogens with zero attached hydrogens (tertiary/aromatic N) is 3. The van der Waals surface area contributed by atoms with Crippen LogP contribution in [0.5, 0.6) is 0 Å². The summed E-state index contributed by atoms with van der Waals surface area (Å²) < 4.78 is 18.0. The van der Waals surface area contributed by atoms with Crippen LogP contribution in [0.4, 0.5) is 4.39 Å². The van der Waals surface area contributed by atoms with Crippen LogP contribution in [0.15, 0.2) is 4.52 Å². The van der Waals surface area contributed by atoms with Crippen molar-refractivity contribution in [2.24, 2.45) is 5.73 Å². The van der Waals surface area contributed by atoms with Gasteiger partial charge in [-0.05, 0) is 6.42 Å². The van der Waals surface area contributed by atoms with E-state index < -0.39 is 6.17 Å². The van der Waals surface area contributed by atoms with Crippen LogP contribution in [-0.2, 0) is 6.54 Å². The van der Waals surface area contributed by atoms with Crippen molar-refractivity contribution in [3.8, 4) is 0 Å². The first kappa shape index (κ1) is 10.5. The molecule has 0 unspecified atom stereocenters. The summed E-state index contributed by atoms with van der Waals surface area (Å²) in [5.41, 5.74) is 5.57. The van der Waals surface area contributed by atoms with Gasteiger partial charge in [0.15, 0.2) is 5.82 Å². The summed E-state index contributed by atoms with van der Waals surface area (Å²) in [7, 11) is 0. The maximum atomic E-state index is 13.2. The molecule has 2 rings (SSSR count). The fourth-order valence-corrected chi connectivity index (χ4v) is 1.95. The van der Waals surface area contributed by atoms with Crippen molar-refractivity contribution < 1.29 is 8.91 Å². The number of aryl methyl sites for hydroxylation is 1. The van der Waals surface area contributed by atoms with Crippen molar-refractivity contribution in [3.63, 3.8) is 0 Å². The van der Waals surface area contributed by atoms with Crippen molar-refractivity contribution >= 4 is 0 Å². The lowest BCUT2D eigenvalue weighted by Gasteiger charge is -2.20. The minimum Gasteiger partial charge on any atom is -0.340 e. The molecule has 15 heavy (non-hydrogen) atoms. The molecule has 2 atom stereocenters. The van der Waals surface area contributed by atoms with Crippen LogP contribution < -0.4 is 5.73 Å². The highest BCUT2D eigenvalue weighted by Crippen LogP contribution is 2.21. The van der Waals surface area contributed by atoms with Gasteiger partial charge in [0.1, 0.15) is 6.17 Å². The minimum atomic E-state index is -0.786. The van der Waals surface area contributed by atoms with Gasteiger partial charge in [0, 0.05) is 26.1 Å². The SMILES string of the molecule is Cc1nc(CN2C[C@H](F)C[C@@H]2CN)no1. The third-order valence-corrected chi connectivity index (χ3v) is 2.66. The van der Waals surface area contributed by atoms with Crippen LogP contribution in [0.2, 0.25) is 0 Å². The van der Waals surface area contributed by atoms with Crippen LogP contribution in [0.25, 0.3) is 0 Å². The quantitative estimate of drug-likeness (QED) is 0.781. The third kappa shape index (κ3) is 2.32. The van der Waals surface area contributed by atoms with Crippen molar-refractivity contribution in [3.05, 3.63) is 11.7 Å². The topological polar surface area (TPSA) is 68.2 Å². The number of hydrogen-bond donors (Lipinski definition) is 1. The largest absolute Gasteiger partial charge is 0.340 e. The fourth-order valence-electron chi connectivity index (χ4n) is 1.95. The Hall–Kier alpha value is -1.01. The number of aromatic nitrogens is 2. The van der Waals surface area contributed by atoms with E-state index in [0.717, 1.165) is 0 Å². The molecule has 0 saturated carbocycles.